The highest BCUT2D eigenvalue weighted by Crippen LogP contribution is 2.25. The van der Waals surface area contributed by atoms with Gasteiger partial charge >= 0.3 is 0 Å². The maximum atomic E-state index is 4.35. The van der Waals surface area contributed by atoms with Gasteiger partial charge in [0.25, 0.3) is 0 Å². The molecule has 0 amide bonds. The maximum Gasteiger partial charge on any atom is 0.191 e. The third-order valence-electron chi connectivity index (χ3n) is 5.72. The van der Waals surface area contributed by atoms with E-state index in [9.17, 15) is 0 Å². The number of nitrogens with zero attached hydrogens (tertiary/aromatic N) is 3. The van der Waals surface area contributed by atoms with Crippen molar-refractivity contribution in [1.29, 1.82) is 0 Å². The molecule has 1 aromatic carbocycles. The summed E-state index contributed by atoms with van der Waals surface area (Å²) in [5, 5.41) is 6.88. The molecule has 1 heterocycles. The van der Waals surface area contributed by atoms with Gasteiger partial charge in [0, 0.05) is 39.3 Å². The van der Waals surface area contributed by atoms with Gasteiger partial charge in [-0.25, -0.2) is 0 Å². The molecule has 0 atom stereocenters. The third kappa shape index (κ3) is 6.82. The first-order valence-electron chi connectivity index (χ1n) is 10.8. The van der Waals surface area contributed by atoms with E-state index in [0.717, 1.165) is 44.7 Å². The molecule has 0 spiro atoms. The van der Waals surface area contributed by atoms with Crippen LogP contribution in [0.5, 0.6) is 0 Å². The smallest absolute Gasteiger partial charge is 0.191 e. The van der Waals surface area contributed by atoms with Crippen LogP contribution in [0.15, 0.2) is 29.3 Å². The standard InChI is InChI=1S/C22H37N5/c1-3-27(21-11-12-21)16-13-24-22(23-2)25-17-19-7-9-20(10-8-19)18-26-14-5-4-6-15-26/h7-10,21H,3-6,11-18H2,1-2H3,(H2,23,24,25). The maximum absolute atomic E-state index is 4.35. The minimum absolute atomic E-state index is 0.809. The fraction of sp³-hybridized carbons (Fsp3) is 0.682. The zero-order chi connectivity index (χ0) is 18.9. The zero-order valence-electron chi connectivity index (χ0n) is 17.2. The van der Waals surface area contributed by atoms with E-state index in [4.69, 9.17) is 0 Å². The lowest BCUT2D eigenvalue weighted by Gasteiger charge is -2.26. The number of likely N-dealkylation sites (tertiary alicyclic amines) is 1. The van der Waals surface area contributed by atoms with E-state index in [1.165, 1.54) is 56.3 Å². The average Bonchev–Trinajstić information content (AvgIpc) is 3.55. The van der Waals surface area contributed by atoms with Gasteiger partial charge in [-0.15, -0.1) is 0 Å². The van der Waals surface area contributed by atoms with Crippen LogP contribution < -0.4 is 10.6 Å². The Morgan fingerprint density at radius 3 is 2.41 bits per heavy atom. The second kappa shape index (κ2) is 10.7. The van der Waals surface area contributed by atoms with E-state index >= 15 is 0 Å². The number of aliphatic imine (C=N–C) groups is 1. The summed E-state index contributed by atoms with van der Waals surface area (Å²) in [6.07, 6.45) is 6.84. The van der Waals surface area contributed by atoms with Crippen LogP contribution in [-0.4, -0.2) is 61.6 Å². The molecular weight excluding hydrogens is 334 g/mol. The number of nitrogens with one attached hydrogen (secondary N) is 2. The van der Waals surface area contributed by atoms with Crippen molar-refractivity contribution in [3.05, 3.63) is 35.4 Å². The number of hydrogen-bond acceptors (Lipinski definition) is 3. The third-order valence-corrected chi connectivity index (χ3v) is 5.72. The second-order valence-electron chi connectivity index (χ2n) is 7.87. The SMILES string of the molecule is CCN(CCNC(=NC)NCc1ccc(CN2CCCCC2)cc1)C1CC1. The van der Waals surface area contributed by atoms with Crippen molar-refractivity contribution in [2.75, 3.05) is 39.8 Å². The number of hydrogen-bond donors (Lipinski definition) is 2. The van der Waals surface area contributed by atoms with Crippen molar-refractivity contribution in [3.63, 3.8) is 0 Å². The van der Waals surface area contributed by atoms with Gasteiger partial charge in [-0.2, -0.15) is 0 Å². The predicted molar refractivity (Wildman–Crippen MR) is 114 cm³/mol. The molecule has 1 saturated heterocycles. The molecule has 27 heavy (non-hydrogen) atoms. The molecular formula is C22H37N5. The Morgan fingerprint density at radius 2 is 1.78 bits per heavy atom. The van der Waals surface area contributed by atoms with E-state index in [0.29, 0.717) is 0 Å². The lowest BCUT2D eigenvalue weighted by Crippen LogP contribution is -2.41. The lowest BCUT2D eigenvalue weighted by atomic mass is 10.1. The average molecular weight is 372 g/mol. The number of rotatable bonds is 9. The predicted octanol–water partition coefficient (Wildman–Crippen LogP) is 2.82. The van der Waals surface area contributed by atoms with Gasteiger partial charge in [-0.1, -0.05) is 37.6 Å². The quantitative estimate of drug-likeness (QED) is 0.517. The van der Waals surface area contributed by atoms with Crippen LogP contribution in [-0.2, 0) is 13.1 Å². The van der Waals surface area contributed by atoms with Crippen molar-refractivity contribution in [1.82, 2.24) is 20.4 Å². The van der Waals surface area contributed by atoms with Crippen molar-refractivity contribution in [2.24, 2.45) is 4.99 Å². The topological polar surface area (TPSA) is 42.9 Å². The van der Waals surface area contributed by atoms with Crippen LogP contribution in [0.1, 0.15) is 50.2 Å². The van der Waals surface area contributed by atoms with Crippen LogP contribution in [0.3, 0.4) is 0 Å². The molecule has 1 aromatic rings. The summed E-state index contributed by atoms with van der Waals surface area (Å²) >= 11 is 0. The molecule has 0 unspecified atom stereocenters. The van der Waals surface area contributed by atoms with Gasteiger partial charge < -0.3 is 10.6 Å². The first kappa shape index (κ1) is 20.2. The minimum Gasteiger partial charge on any atom is -0.355 e. The monoisotopic (exact) mass is 371 g/mol. The summed E-state index contributed by atoms with van der Waals surface area (Å²) in [5.41, 5.74) is 2.72. The molecule has 0 bridgehead atoms. The van der Waals surface area contributed by atoms with Crippen molar-refractivity contribution >= 4 is 5.96 Å². The van der Waals surface area contributed by atoms with Crippen molar-refractivity contribution in [2.45, 2.75) is 58.2 Å². The summed E-state index contributed by atoms with van der Waals surface area (Å²) in [6, 6.07) is 9.86. The summed E-state index contributed by atoms with van der Waals surface area (Å²) in [5.74, 6) is 0.888. The molecule has 3 rings (SSSR count). The Labute approximate surface area is 165 Å². The normalized spacial score (nSPS) is 18.7. The van der Waals surface area contributed by atoms with Crippen LogP contribution in [0, 0.1) is 0 Å². The summed E-state index contributed by atoms with van der Waals surface area (Å²) in [4.78, 5) is 9.48. The van der Waals surface area contributed by atoms with Gasteiger partial charge in [0.15, 0.2) is 5.96 Å². The van der Waals surface area contributed by atoms with Crippen LogP contribution in [0.4, 0.5) is 0 Å². The number of likely N-dealkylation sites (N-methyl/N-ethyl adjacent to an activating group) is 1. The van der Waals surface area contributed by atoms with E-state index in [1.807, 2.05) is 7.05 Å². The number of benzene rings is 1. The molecule has 150 valence electrons. The van der Waals surface area contributed by atoms with E-state index in [2.05, 4.69) is 56.6 Å². The van der Waals surface area contributed by atoms with E-state index in [1.54, 1.807) is 0 Å². The van der Waals surface area contributed by atoms with Gasteiger partial charge in [0.05, 0.1) is 0 Å². The Bertz CT molecular complexity index is 573. The molecule has 1 aliphatic carbocycles. The van der Waals surface area contributed by atoms with Crippen LogP contribution >= 0.6 is 0 Å². The number of piperidine rings is 1. The number of guanidine groups is 1. The Kier molecular flexibility index (Phi) is 7.96. The van der Waals surface area contributed by atoms with Crippen LogP contribution in [0.2, 0.25) is 0 Å². The van der Waals surface area contributed by atoms with Gasteiger partial charge in [0.2, 0.25) is 0 Å². The molecule has 2 N–H and O–H groups in total. The summed E-state index contributed by atoms with van der Waals surface area (Å²) in [7, 11) is 1.84. The highest BCUT2D eigenvalue weighted by atomic mass is 15.2. The highest BCUT2D eigenvalue weighted by Gasteiger charge is 2.27. The molecule has 2 aliphatic rings. The minimum atomic E-state index is 0.809. The van der Waals surface area contributed by atoms with Crippen LogP contribution in [0.25, 0.3) is 0 Å². The first-order valence-corrected chi connectivity index (χ1v) is 10.8. The van der Waals surface area contributed by atoms with E-state index in [-0.39, 0.29) is 0 Å². The molecule has 0 radical (unpaired) electrons. The van der Waals surface area contributed by atoms with Gasteiger partial charge in [-0.3, -0.25) is 14.8 Å². The summed E-state index contributed by atoms with van der Waals surface area (Å²) in [6.45, 7) is 9.83. The first-order chi connectivity index (χ1) is 13.3. The van der Waals surface area contributed by atoms with Crippen molar-refractivity contribution < 1.29 is 0 Å². The molecule has 2 fully saturated rings. The lowest BCUT2D eigenvalue weighted by molar-refractivity contribution is 0.221. The summed E-state index contributed by atoms with van der Waals surface area (Å²) < 4.78 is 0. The van der Waals surface area contributed by atoms with Crippen molar-refractivity contribution in [3.8, 4) is 0 Å². The Morgan fingerprint density at radius 1 is 1.07 bits per heavy atom. The Hall–Kier alpha value is -1.59. The second-order valence-corrected chi connectivity index (χ2v) is 7.87. The highest BCUT2D eigenvalue weighted by molar-refractivity contribution is 5.79. The fourth-order valence-electron chi connectivity index (χ4n) is 3.90. The molecule has 1 aliphatic heterocycles. The molecule has 5 heteroatoms. The van der Waals surface area contributed by atoms with Gasteiger partial charge in [0.1, 0.15) is 0 Å². The Balaban J connectivity index is 1.37. The molecule has 1 saturated carbocycles. The van der Waals surface area contributed by atoms with Gasteiger partial charge in [-0.05, 0) is 56.4 Å². The largest absolute Gasteiger partial charge is 0.355 e. The zero-order valence-corrected chi connectivity index (χ0v) is 17.2. The molecule has 5 nitrogen and oxygen atoms in total. The van der Waals surface area contributed by atoms with E-state index < -0.39 is 0 Å². The fourth-order valence-corrected chi connectivity index (χ4v) is 3.90. The molecule has 0 aromatic heterocycles.